The van der Waals surface area contributed by atoms with Gasteiger partial charge in [0.15, 0.2) is 0 Å². The molecule has 110 valence electrons. The van der Waals surface area contributed by atoms with Crippen molar-refractivity contribution in [3.8, 4) is 5.75 Å². The van der Waals surface area contributed by atoms with Crippen molar-refractivity contribution in [1.82, 2.24) is 9.97 Å². The first-order chi connectivity index (χ1) is 10.4. The van der Waals surface area contributed by atoms with E-state index in [0.717, 1.165) is 49.8 Å². The third-order valence-electron chi connectivity index (χ3n) is 3.39. The molecule has 5 heteroatoms. The molecule has 5 nitrogen and oxygen atoms in total. The standard InChI is InChI=1S/C16H20N4O/c1-2-9-17-16-18-10-8-15(19-16)20-11-5-12-21-14-7-4-3-6-13(14)20/h3-4,6-8,10H,2,5,9,11-12H2,1H3,(H,17,18,19). The zero-order valence-electron chi connectivity index (χ0n) is 12.2. The Kier molecular flexibility index (Phi) is 4.19. The first kappa shape index (κ1) is 13.7. The molecule has 3 rings (SSSR count). The van der Waals surface area contributed by atoms with E-state index in [1.54, 1.807) is 6.20 Å². The molecular formula is C16H20N4O. The monoisotopic (exact) mass is 284 g/mol. The maximum absolute atomic E-state index is 5.79. The number of nitrogens with one attached hydrogen (secondary N) is 1. The van der Waals surface area contributed by atoms with Crippen molar-refractivity contribution >= 4 is 17.5 Å². The quantitative estimate of drug-likeness (QED) is 0.934. The van der Waals surface area contributed by atoms with Crippen molar-refractivity contribution in [1.29, 1.82) is 0 Å². The number of aromatic nitrogens is 2. The Morgan fingerprint density at radius 1 is 1.29 bits per heavy atom. The minimum absolute atomic E-state index is 0.678. The van der Waals surface area contributed by atoms with Crippen molar-refractivity contribution in [2.45, 2.75) is 19.8 Å². The van der Waals surface area contributed by atoms with Gasteiger partial charge in [-0.2, -0.15) is 4.98 Å². The van der Waals surface area contributed by atoms with Gasteiger partial charge in [0, 0.05) is 19.3 Å². The highest BCUT2D eigenvalue weighted by Crippen LogP contribution is 2.34. The fraction of sp³-hybridized carbons (Fsp3) is 0.375. The smallest absolute Gasteiger partial charge is 0.224 e. The van der Waals surface area contributed by atoms with E-state index < -0.39 is 0 Å². The van der Waals surface area contributed by atoms with Crippen molar-refractivity contribution < 1.29 is 4.74 Å². The minimum atomic E-state index is 0.678. The number of rotatable bonds is 4. The van der Waals surface area contributed by atoms with Crippen LogP contribution in [0.5, 0.6) is 5.75 Å². The van der Waals surface area contributed by atoms with Crippen molar-refractivity contribution in [3.63, 3.8) is 0 Å². The summed E-state index contributed by atoms with van der Waals surface area (Å²) in [4.78, 5) is 11.1. The van der Waals surface area contributed by atoms with Gasteiger partial charge in [0.25, 0.3) is 0 Å². The lowest BCUT2D eigenvalue weighted by atomic mass is 10.2. The summed E-state index contributed by atoms with van der Waals surface area (Å²) in [5.74, 6) is 2.50. The molecule has 1 N–H and O–H groups in total. The topological polar surface area (TPSA) is 50.3 Å². The zero-order chi connectivity index (χ0) is 14.5. The minimum Gasteiger partial charge on any atom is -0.491 e. The summed E-state index contributed by atoms with van der Waals surface area (Å²) in [6.07, 6.45) is 3.82. The Morgan fingerprint density at radius 3 is 3.10 bits per heavy atom. The third kappa shape index (κ3) is 3.07. The Morgan fingerprint density at radius 2 is 2.19 bits per heavy atom. The molecule has 0 atom stereocenters. The second kappa shape index (κ2) is 6.43. The van der Waals surface area contributed by atoms with Gasteiger partial charge in [-0.3, -0.25) is 0 Å². The van der Waals surface area contributed by atoms with Crippen LogP contribution in [0.15, 0.2) is 36.5 Å². The number of hydrogen-bond acceptors (Lipinski definition) is 5. The van der Waals surface area contributed by atoms with E-state index in [2.05, 4.69) is 33.2 Å². The highest BCUT2D eigenvalue weighted by atomic mass is 16.5. The zero-order valence-corrected chi connectivity index (χ0v) is 12.2. The van der Waals surface area contributed by atoms with Gasteiger partial charge < -0.3 is 15.0 Å². The number of para-hydroxylation sites is 2. The van der Waals surface area contributed by atoms with E-state index >= 15 is 0 Å². The number of benzene rings is 1. The van der Waals surface area contributed by atoms with E-state index in [4.69, 9.17) is 4.74 Å². The summed E-state index contributed by atoms with van der Waals surface area (Å²) in [6.45, 7) is 4.63. The van der Waals surface area contributed by atoms with Crippen LogP contribution in [0.1, 0.15) is 19.8 Å². The molecule has 21 heavy (non-hydrogen) atoms. The van der Waals surface area contributed by atoms with Crippen LogP contribution in [-0.2, 0) is 0 Å². The molecule has 1 aliphatic rings. The van der Waals surface area contributed by atoms with E-state index in [9.17, 15) is 0 Å². The molecule has 1 aromatic carbocycles. The number of ether oxygens (including phenoxy) is 1. The molecule has 0 radical (unpaired) electrons. The van der Waals surface area contributed by atoms with Crippen LogP contribution in [0.25, 0.3) is 0 Å². The molecule has 0 bridgehead atoms. The van der Waals surface area contributed by atoms with Crippen molar-refractivity contribution in [3.05, 3.63) is 36.5 Å². The van der Waals surface area contributed by atoms with Gasteiger partial charge in [0.1, 0.15) is 11.6 Å². The summed E-state index contributed by atoms with van der Waals surface area (Å²) in [5, 5.41) is 3.23. The van der Waals surface area contributed by atoms with Gasteiger partial charge in [0.05, 0.1) is 12.3 Å². The number of hydrogen-bond donors (Lipinski definition) is 1. The second-order valence-electron chi connectivity index (χ2n) is 4.99. The molecule has 0 spiro atoms. The normalized spacial score (nSPS) is 14.0. The molecule has 1 aromatic heterocycles. The lowest BCUT2D eigenvalue weighted by Gasteiger charge is -2.22. The molecule has 0 aliphatic carbocycles. The molecule has 0 saturated carbocycles. The fourth-order valence-electron chi connectivity index (χ4n) is 2.39. The highest BCUT2D eigenvalue weighted by Gasteiger charge is 2.18. The highest BCUT2D eigenvalue weighted by molar-refractivity contribution is 5.67. The molecule has 1 aliphatic heterocycles. The predicted molar refractivity (Wildman–Crippen MR) is 84.4 cm³/mol. The summed E-state index contributed by atoms with van der Waals surface area (Å²) in [5.41, 5.74) is 1.06. The maximum atomic E-state index is 5.79. The van der Waals surface area contributed by atoms with Gasteiger partial charge in [-0.1, -0.05) is 19.1 Å². The lowest BCUT2D eigenvalue weighted by Crippen LogP contribution is -2.19. The lowest BCUT2D eigenvalue weighted by molar-refractivity contribution is 0.322. The van der Waals surface area contributed by atoms with Crippen molar-refractivity contribution in [2.24, 2.45) is 0 Å². The van der Waals surface area contributed by atoms with E-state index in [-0.39, 0.29) is 0 Å². The van der Waals surface area contributed by atoms with Crippen LogP contribution in [0.2, 0.25) is 0 Å². The van der Waals surface area contributed by atoms with Gasteiger partial charge in [-0.25, -0.2) is 4.98 Å². The van der Waals surface area contributed by atoms with Gasteiger partial charge >= 0.3 is 0 Å². The average molecular weight is 284 g/mol. The number of nitrogens with zero attached hydrogens (tertiary/aromatic N) is 3. The van der Waals surface area contributed by atoms with Crippen LogP contribution in [0.3, 0.4) is 0 Å². The van der Waals surface area contributed by atoms with Crippen LogP contribution < -0.4 is 15.0 Å². The Hall–Kier alpha value is -2.30. The molecule has 0 unspecified atom stereocenters. The molecule has 2 heterocycles. The van der Waals surface area contributed by atoms with Crippen LogP contribution >= 0.6 is 0 Å². The molecule has 0 fully saturated rings. The molecule has 0 saturated heterocycles. The summed E-state index contributed by atoms with van der Waals surface area (Å²) >= 11 is 0. The Labute approximate surface area is 125 Å². The van der Waals surface area contributed by atoms with Gasteiger partial charge in [-0.15, -0.1) is 0 Å². The Bertz CT molecular complexity index is 602. The number of anilines is 3. The van der Waals surface area contributed by atoms with Gasteiger partial charge in [-0.05, 0) is 31.0 Å². The molecule has 2 aromatic rings. The first-order valence-corrected chi connectivity index (χ1v) is 7.45. The van der Waals surface area contributed by atoms with Crippen LogP contribution in [0.4, 0.5) is 17.5 Å². The largest absolute Gasteiger partial charge is 0.491 e. The predicted octanol–water partition coefficient (Wildman–Crippen LogP) is 3.22. The second-order valence-corrected chi connectivity index (χ2v) is 4.99. The third-order valence-corrected chi connectivity index (χ3v) is 3.39. The van der Waals surface area contributed by atoms with Crippen molar-refractivity contribution in [2.75, 3.05) is 29.9 Å². The number of fused-ring (bicyclic) bond motifs is 1. The molecule has 0 amide bonds. The van der Waals surface area contributed by atoms with E-state index in [1.807, 2.05) is 24.3 Å². The SMILES string of the molecule is CCCNc1nccc(N2CCCOc3ccccc32)n1. The van der Waals surface area contributed by atoms with Crippen LogP contribution in [0, 0.1) is 0 Å². The first-order valence-electron chi connectivity index (χ1n) is 7.45. The van der Waals surface area contributed by atoms with Gasteiger partial charge in [0.2, 0.25) is 5.95 Å². The Balaban J connectivity index is 1.92. The average Bonchev–Trinajstić information content (AvgIpc) is 2.75. The fourth-order valence-corrected chi connectivity index (χ4v) is 2.39. The van der Waals surface area contributed by atoms with E-state index in [0.29, 0.717) is 5.95 Å². The summed E-state index contributed by atoms with van der Waals surface area (Å²) in [6, 6.07) is 10.0. The molecular weight excluding hydrogens is 264 g/mol. The summed E-state index contributed by atoms with van der Waals surface area (Å²) in [7, 11) is 0. The maximum Gasteiger partial charge on any atom is 0.224 e. The van der Waals surface area contributed by atoms with E-state index in [1.165, 1.54) is 0 Å². The summed E-state index contributed by atoms with van der Waals surface area (Å²) < 4.78 is 5.79. The van der Waals surface area contributed by atoms with Crippen LogP contribution in [-0.4, -0.2) is 29.7 Å².